The van der Waals surface area contributed by atoms with Crippen LogP contribution < -0.4 is 25.6 Å². The second kappa shape index (κ2) is 10.8. The molecule has 200 valence electrons. The Morgan fingerprint density at radius 2 is 1.68 bits per heavy atom. The number of aryl methyl sites for hydroxylation is 2. The summed E-state index contributed by atoms with van der Waals surface area (Å²) in [6, 6.07) is 9.38. The number of aromatic nitrogens is 4. The van der Waals surface area contributed by atoms with E-state index in [0.717, 1.165) is 47.1 Å². The summed E-state index contributed by atoms with van der Waals surface area (Å²) in [5.41, 5.74) is 2.11. The van der Waals surface area contributed by atoms with Crippen molar-refractivity contribution in [2.45, 2.75) is 58.5 Å². The van der Waals surface area contributed by atoms with E-state index in [2.05, 4.69) is 21.8 Å². The molecule has 0 bridgehead atoms. The van der Waals surface area contributed by atoms with Crippen LogP contribution >= 0.6 is 0 Å². The van der Waals surface area contributed by atoms with Crippen LogP contribution in [0, 0.1) is 6.92 Å². The summed E-state index contributed by atoms with van der Waals surface area (Å²) in [6.07, 6.45) is 5.91. The van der Waals surface area contributed by atoms with Crippen LogP contribution in [0.5, 0.6) is 11.5 Å². The first-order chi connectivity index (χ1) is 18.5. The first kappa shape index (κ1) is 25.8. The van der Waals surface area contributed by atoms with Crippen LogP contribution in [0.4, 0.5) is 5.82 Å². The number of ether oxygens (including phenoxy) is 2. The zero-order chi connectivity index (χ0) is 26.8. The molecule has 9 heteroatoms. The van der Waals surface area contributed by atoms with Crippen LogP contribution in [-0.4, -0.2) is 46.4 Å². The molecule has 0 saturated carbocycles. The maximum Gasteiger partial charge on any atom is 0.331 e. The molecule has 38 heavy (non-hydrogen) atoms. The summed E-state index contributed by atoms with van der Waals surface area (Å²) >= 11 is 0. The van der Waals surface area contributed by atoms with Crippen LogP contribution in [0.1, 0.15) is 50.6 Å². The fourth-order valence-corrected chi connectivity index (χ4v) is 5.52. The number of hydrogen-bond donors (Lipinski definition) is 0. The third-order valence-corrected chi connectivity index (χ3v) is 7.56. The first-order valence-electron chi connectivity index (χ1n) is 13.3. The summed E-state index contributed by atoms with van der Waals surface area (Å²) in [6.45, 7) is 6.07. The topological polar surface area (TPSA) is 91.5 Å². The Morgan fingerprint density at radius 1 is 0.947 bits per heavy atom. The Hall–Kier alpha value is -3.88. The lowest BCUT2D eigenvalue weighted by Gasteiger charge is -2.34. The van der Waals surface area contributed by atoms with E-state index in [1.165, 1.54) is 4.57 Å². The molecule has 2 aromatic carbocycles. The minimum absolute atomic E-state index is 0.170. The van der Waals surface area contributed by atoms with Crippen LogP contribution in [0.15, 0.2) is 46.2 Å². The molecule has 1 aliphatic heterocycles. The lowest BCUT2D eigenvalue weighted by Crippen LogP contribution is -2.46. The fourth-order valence-electron chi connectivity index (χ4n) is 5.52. The molecule has 2 aromatic heterocycles. The highest BCUT2D eigenvalue weighted by molar-refractivity contribution is 5.92. The van der Waals surface area contributed by atoms with Gasteiger partial charge in [-0.1, -0.05) is 31.4 Å². The normalized spacial score (nSPS) is 14.4. The summed E-state index contributed by atoms with van der Waals surface area (Å²) in [5, 5.41) is 1.49. The Morgan fingerprint density at radius 3 is 2.39 bits per heavy atom. The van der Waals surface area contributed by atoms with Gasteiger partial charge in [0.15, 0.2) is 11.5 Å². The molecule has 0 unspecified atom stereocenters. The average molecular weight is 518 g/mol. The van der Waals surface area contributed by atoms with Crippen molar-refractivity contribution < 1.29 is 9.47 Å². The molecule has 0 atom stereocenters. The third kappa shape index (κ3) is 4.61. The van der Waals surface area contributed by atoms with Crippen molar-refractivity contribution in [3.05, 3.63) is 63.1 Å². The second-order valence-corrected chi connectivity index (χ2v) is 9.98. The van der Waals surface area contributed by atoms with Crippen LogP contribution in [0.3, 0.4) is 0 Å². The van der Waals surface area contributed by atoms with Gasteiger partial charge in [0.05, 0.1) is 30.6 Å². The summed E-state index contributed by atoms with van der Waals surface area (Å²) < 4.78 is 14.2. The lowest BCUT2D eigenvalue weighted by atomic mass is 10.0. The molecule has 0 aliphatic carbocycles. The Labute approximate surface area is 221 Å². The van der Waals surface area contributed by atoms with Crippen LogP contribution in [0.25, 0.3) is 21.8 Å². The molecular formula is C29H35N5O4. The lowest BCUT2D eigenvalue weighted by molar-refractivity contribution is 0.355. The maximum absolute atomic E-state index is 13.7. The van der Waals surface area contributed by atoms with Gasteiger partial charge in [0.1, 0.15) is 12.1 Å². The van der Waals surface area contributed by atoms with Gasteiger partial charge in [0, 0.05) is 37.1 Å². The molecule has 5 rings (SSSR count). The minimum atomic E-state index is -0.203. The molecule has 4 aromatic rings. The average Bonchev–Trinajstić information content (AvgIpc) is 2.94. The van der Waals surface area contributed by atoms with E-state index in [-0.39, 0.29) is 17.3 Å². The zero-order valence-corrected chi connectivity index (χ0v) is 22.6. The number of piperidine rings is 1. The van der Waals surface area contributed by atoms with E-state index in [1.807, 2.05) is 37.3 Å². The molecule has 0 spiro atoms. The molecule has 1 fully saturated rings. The van der Waals surface area contributed by atoms with Gasteiger partial charge in [-0.05, 0) is 44.4 Å². The van der Waals surface area contributed by atoms with Gasteiger partial charge in [0.2, 0.25) is 0 Å². The monoisotopic (exact) mass is 517 g/mol. The highest BCUT2D eigenvalue weighted by Gasteiger charge is 2.27. The number of fused-ring (bicyclic) bond motifs is 2. The smallest absolute Gasteiger partial charge is 0.331 e. The minimum Gasteiger partial charge on any atom is -0.493 e. The van der Waals surface area contributed by atoms with E-state index < -0.39 is 0 Å². The van der Waals surface area contributed by atoms with Crippen molar-refractivity contribution >= 4 is 27.6 Å². The maximum atomic E-state index is 13.7. The summed E-state index contributed by atoms with van der Waals surface area (Å²) in [5.74, 6) is 2.05. The van der Waals surface area contributed by atoms with Crippen LogP contribution in [-0.2, 0) is 6.54 Å². The number of unbranched alkanes of at least 4 members (excludes halogenated alkanes) is 2. The van der Waals surface area contributed by atoms with Crippen molar-refractivity contribution in [1.29, 1.82) is 0 Å². The second-order valence-electron chi connectivity index (χ2n) is 9.98. The largest absolute Gasteiger partial charge is 0.493 e. The Bertz CT molecular complexity index is 1580. The van der Waals surface area contributed by atoms with Gasteiger partial charge in [-0.15, -0.1) is 0 Å². The van der Waals surface area contributed by atoms with Gasteiger partial charge in [0.25, 0.3) is 5.56 Å². The van der Waals surface area contributed by atoms with Crippen molar-refractivity contribution in [2.24, 2.45) is 0 Å². The molecule has 0 radical (unpaired) electrons. The van der Waals surface area contributed by atoms with Gasteiger partial charge >= 0.3 is 5.69 Å². The number of benzene rings is 2. The number of rotatable bonds is 8. The third-order valence-electron chi connectivity index (χ3n) is 7.56. The van der Waals surface area contributed by atoms with Gasteiger partial charge < -0.3 is 14.4 Å². The quantitative estimate of drug-likeness (QED) is 0.319. The highest BCUT2D eigenvalue weighted by atomic mass is 16.5. The highest BCUT2D eigenvalue weighted by Crippen LogP contribution is 2.36. The number of nitrogens with zero attached hydrogens (tertiary/aromatic N) is 5. The van der Waals surface area contributed by atoms with E-state index in [9.17, 15) is 9.59 Å². The molecule has 9 nitrogen and oxygen atoms in total. The van der Waals surface area contributed by atoms with E-state index >= 15 is 0 Å². The predicted molar refractivity (Wildman–Crippen MR) is 150 cm³/mol. The summed E-state index contributed by atoms with van der Waals surface area (Å²) in [4.78, 5) is 38.5. The summed E-state index contributed by atoms with van der Waals surface area (Å²) in [7, 11) is 3.21. The number of methoxy groups -OCH3 is 2. The van der Waals surface area contributed by atoms with E-state index in [0.29, 0.717) is 49.4 Å². The SMILES string of the molecule is CCCCCn1c(=O)n(C2CCN(c3ncnc4cc(OC)c(OC)cc34)CC2)c(=O)c2cc(C)ccc21. The van der Waals surface area contributed by atoms with Gasteiger partial charge in [-0.2, -0.15) is 0 Å². The van der Waals surface area contributed by atoms with Crippen LogP contribution in [0.2, 0.25) is 0 Å². The van der Waals surface area contributed by atoms with E-state index in [4.69, 9.17) is 9.47 Å². The van der Waals surface area contributed by atoms with Crippen molar-refractivity contribution in [2.75, 3.05) is 32.2 Å². The number of anilines is 1. The van der Waals surface area contributed by atoms with Crippen molar-refractivity contribution in [3.8, 4) is 11.5 Å². The zero-order valence-electron chi connectivity index (χ0n) is 22.6. The predicted octanol–water partition coefficient (Wildman–Crippen LogP) is 4.46. The fraction of sp³-hybridized carbons (Fsp3) is 0.448. The molecular weight excluding hydrogens is 482 g/mol. The Balaban J connectivity index is 1.48. The van der Waals surface area contributed by atoms with Crippen molar-refractivity contribution in [3.63, 3.8) is 0 Å². The first-order valence-corrected chi connectivity index (χ1v) is 13.3. The van der Waals surface area contributed by atoms with Gasteiger partial charge in [-0.25, -0.2) is 14.8 Å². The van der Waals surface area contributed by atoms with Crippen molar-refractivity contribution in [1.82, 2.24) is 19.1 Å². The molecule has 1 saturated heterocycles. The standard InChI is InChI=1S/C29H35N5O4/c1-5-6-7-12-33-24-9-8-19(2)15-22(24)28(35)34(29(33)36)20-10-13-32(14-11-20)27-21-16-25(37-3)26(38-4)17-23(21)30-18-31-27/h8-9,15-18,20H,5-7,10-14H2,1-4H3. The van der Waals surface area contributed by atoms with E-state index in [1.54, 1.807) is 25.1 Å². The molecule has 0 N–H and O–H groups in total. The number of hydrogen-bond acceptors (Lipinski definition) is 7. The van der Waals surface area contributed by atoms with Gasteiger partial charge in [-0.3, -0.25) is 13.9 Å². The molecule has 1 aliphatic rings. The Kier molecular flexibility index (Phi) is 7.35. The molecule has 0 amide bonds. The molecule has 3 heterocycles.